The van der Waals surface area contributed by atoms with Gasteiger partial charge in [0.25, 0.3) is 0 Å². The number of nitrogens with two attached hydrogens (primary N) is 1. The van der Waals surface area contributed by atoms with Gasteiger partial charge in [0.2, 0.25) is 15.2 Å². The van der Waals surface area contributed by atoms with Crippen molar-refractivity contribution in [1.82, 2.24) is 14.8 Å². The van der Waals surface area contributed by atoms with Crippen molar-refractivity contribution in [1.29, 1.82) is 0 Å². The molecule has 1 aliphatic carbocycles. The van der Waals surface area contributed by atoms with Gasteiger partial charge in [-0.2, -0.15) is 5.10 Å². The first-order valence-electron chi connectivity index (χ1n) is 12.5. The molecular formula is C29H23FN4O4S2. The molecule has 1 fully saturated rings. The van der Waals surface area contributed by atoms with Crippen molar-refractivity contribution in [3.05, 3.63) is 107 Å². The van der Waals surface area contributed by atoms with Crippen molar-refractivity contribution in [3.8, 4) is 27.5 Å². The number of halogens is 1. The van der Waals surface area contributed by atoms with Crippen LogP contribution in [-0.4, -0.2) is 34.3 Å². The third-order valence-electron chi connectivity index (χ3n) is 6.81. The lowest BCUT2D eigenvalue weighted by molar-refractivity contribution is 0.0691. The lowest BCUT2D eigenvalue weighted by Gasteiger charge is -2.10. The first-order chi connectivity index (χ1) is 19.2. The summed E-state index contributed by atoms with van der Waals surface area (Å²) in [5, 5.41) is 21.5. The fourth-order valence-electron chi connectivity index (χ4n) is 4.82. The predicted molar refractivity (Wildman–Crippen MR) is 150 cm³/mol. The van der Waals surface area contributed by atoms with Gasteiger partial charge in [0.05, 0.1) is 11.4 Å². The van der Waals surface area contributed by atoms with Gasteiger partial charge < -0.3 is 5.11 Å². The molecule has 8 nitrogen and oxygen atoms in total. The van der Waals surface area contributed by atoms with Crippen LogP contribution in [-0.2, 0) is 16.4 Å². The number of hydrogen-bond acceptors (Lipinski definition) is 6. The number of hydrogen-bond donors (Lipinski definition) is 2. The Kier molecular flexibility index (Phi) is 6.57. The molecule has 6 rings (SSSR count). The van der Waals surface area contributed by atoms with E-state index in [1.54, 1.807) is 10.7 Å². The molecule has 3 N–H and O–H groups in total. The van der Waals surface area contributed by atoms with E-state index >= 15 is 0 Å². The Morgan fingerprint density at radius 2 is 1.75 bits per heavy atom. The van der Waals surface area contributed by atoms with Gasteiger partial charge in [-0.15, -0.1) is 11.3 Å². The number of primary sulfonamides is 1. The number of aromatic carboxylic acids is 1. The van der Waals surface area contributed by atoms with E-state index in [9.17, 15) is 22.7 Å². The summed E-state index contributed by atoms with van der Waals surface area (Å²) in [7, 11) is -4.20. The normalized spacial score (nSPS) is 13.4. The number of rotatable bonds is 8. The van der Waals surface area contributed by atoms with E-state index in [1.807, 2.05) is 54.6 Å². The summed E-state index contributed by atoms with van der Waals surface area (Å²) in [5.41, 5.74) is 5.78. The number of carboxylic acid groups (broad SMARTS) is 1. The SMILES string of the molecule is NS(=O)(=O)c1ccc(Cc2c(-c3cccc(-c4ccccc4)c3)nn(-c3nc(C(=O)O)cs3)c2C2CC2)cc1F. The maximum absolute atomic E-state index is 14.8. The van der Waals surface area contributed by atoms with E-state index in [0.717, 1.165) is 40.8 Å². The van der Waals surface area contributed by atoms with Crippen LogP contribution >= 0.6 is 11.3 Å². The van der Waals surface area contributed by atoms with Crippen LogP contribution in [0.25, 0.3) is 27.5 Å². The summed E-state index contributed by atoms with van der Waals surface area (Å²) < 4.78 is 40.0. The van der Waals surface area contributed by atoms with E-state index in [2.05, 4.69) is 4.98 Å². The third kappa shape index (κ3) is 5.06. The first kappa shape index (κ1) is 26.1. The fraction of sp³-hybridized carbons (Fsp3) is 0.138. The molecule has 0 atom stereocenters. The van der Waals surface area contributed by atoms with Gasteiger partial charge in [0, 0.05) is 28.8 Å². The van der Waals surface area contributed by atoms with Crippen LogP contribution in [0.5, 0.6) is 0 Å². The van der Waals surface area contributed by atoms with Crippen LogP contribution in [0.2, 0.25) is 0 Å². The summed E-state index contributed by atoms with van der Waals surface area (Å²) >= 11 is 1.19. The Labute approximate surface area is 233 Å². The number of benzene rings is 3. The summed E-state index contributed by atoms with van der Waals surface area (Å²) in [6, 6.07) is 21.8. The molecule has 0 amide bonds. The predicted octanol–water partition coefficient (Wildman–Crippen LogP) is 5.62. The average Bonchev–Trinajstić information content (AvgIpc) is 3.51. The summed E-state index contributed by atoms with van der Waals surface area (Å²) in [6.45, 7) is 0. The smallest absolute Gasteiger partial charge is 0.355 e. The largest absolute Gasteiger partial charge is 0.476 e. The minimum Gasteiger partial charge on any atom is -0.476 e. The van der Waals surface area contributed by atoms with Crippen molar-refractivity contribution in [2.24, 2.45) is 5.14 Å². The van der Waals surface area contributed by atoms with Crippen molar-refractivity contribution in [3.63, 3.8) is 0 Å². The molecule has 11 heteroatoms. The van der Waals surface area contributed by atoms with E-state index < -0.39 is 26.7 Å². The van der Waals surface area contributed by atoms with Gasteiger partial charge >= 0.3 is 5.97 Å². The topological polar surface area (TPSA) is 128 Å². The molecule has 202 valence electrons. The van der Waals surface area contributed by atoms with E-state index in [-0.39, 0.29) is 18.0 Å². The Hall–Kier alpha value is -4.19. The van der Waals surface area contributed by atoms with Gasteiger partial charge in [-0.05, 0) is 47.7 Å². The van der Waals surface area contributed by atoms with E-state index in [1.165, 1.54) is 28.8 Å². The Morgan fingerprint density at radius 1 is 1.02 bits per heavy atom. The summed E-state index contributed by atoms with van der Waals surface area (Å²) in [4.78, 5) is 15.3. The highest BCUT2D eigenvalue weighted by atomic mass is 32.2. The highest BCUT2D eigenvalue weighted by Gasteiger charge is 2.34. The summed E-state index contributed by atoms with van der Waals surface area (Å²) in [6.07, 6.45) is 2.13. The molecule has 0 unspecified atom stereocenters. The standard InChI is InChI=1S/C29H23FN4O4S2/c30-23-14-17(9-12-25(23)40(31,37)38)13-22-26(21-8-4-7-20(15-21)18-5-2-1-3-6-18)33-34(27(22)19-10-11-19)29-32-24(16-39-29)28(35)36/h1-9,12,14-16,19H,10-11,13H2,(H,35,36)(H2,31,37,38). The number of carboxylic acids is 1. The van der Waals surface area contributed by atoms with E-state index in [0.29, 0.717) is 16.4 Å². The molecule has 0 spiro atoms. The molecule has 1 aliphatic rings. The quantitative estimate of drug-likeness (QED) is 0.248. The fourth-order valence-corrected chi connectivity index (χ4v) is 6.17. The second-order valence-electron chi connectivity index (χ2n) is 9.65. The van der Waals surface area contributed by atoms with E-state index in [4.69, 9.17) is 10.2 Å². The minimum absolute atomic E-state index is 0.0629. The Bertz CT molecular complexity index is 1860. The molecule has 40 heavy (non-hydrogen) atoms. The zero-order valence-electron chi connectivity index (χ0n) is 21.0. The highest BCUT2D eigenvalue weighted by molar-refractivity contribution is 7.89. The Morgan fingerprint density at radius 3 is 2.40 bits per heavy atom. The van der Waals surface area contributed by atoms with Gasteiger partial charge in [-0.3, -0.25) is 0 Å². The molecule has 0 radical (unpaired) electrons. The van der Waals surface area contributed by atoms with Crippen molar-refractivity contribution >= 4 is 27.3 Å². The molecule has 2 heterocycles. The summed E-state index contributed by atoms with van der Waals surface area (Å²) in [5.74, 6) is -1.86. The van der Waals surface area contributed by atoms with Crippen LogP contribution in [0.1, 0.15) is 46.1 Å². The maximum Gasteiger partial charge on any atom is 0.355 e. The zero-order chi connectivity index (χ0) is 28.0. The molecule has 2 aromatic heterocycles. The third-order valence-corrected chi connectivity index (χ3v) is 8.57. The molecular weight excluding hydrogens is 551 g/mol. The maximum atomic E-state index is 14.8. The van der Waals surface area contributed by atoms with Crippen molar-refractivity contribution in [2.45, 2.75) is 30.1 Å². The van der Waals surface area contributed by atoms with Crippen LogP contribution in [0.3, 0.4) is 0 Å². The number of carbonyl (C=O) groups is 1. The lowest BCUT2D eigenvalue weighted by atomic mass is 9.95. The number of aromatic nitrogens is 3. The number of thiazole rings is 1. The molecule has 5 aromatic rings. The minimum atomic E-state index is -4.20. The van der Waals surface area contributed by atoms with Crippen molar-refractivity contribution < 1.29 is 22.7 Å². The van der Waals surface area contributed by atoms with Crippen LogP contribution < -0.4 is 5.14 Å². The Balaban J connectivity index is 1.53. The van der Waals surface area contributed by atoms with Crippen LogP contribution in [0.4, 0.5) is 4.39 Å². The second kappa shape index (κ2) is 10.1. The molecule has 0 saturated heterocycles. The molecule has 3 aromatic carbocycles. The first-order valence-corrected chi connectivity index (χ1v) is 14.9. The van der Waals surface area contributed by atoms with Crippen LogP contribution in [0, 0.1) is 5.82 Å². The van der Waals surface area contributed by atoms with Gasteiger partial charge in [-0.1, -0.05) is 54.6 Å². The zero-order valence-corrected chi connectivity index (χ0v) is 22.6. The lowest BCUT2D eigenvalue weighted by Crippen LogP contribution is -2.14. The van der Waals surface area contributed by atoms with Crippen molar-refractivity contribution in [2.75, 3.05) is 0 Å². The molecule has 1 saturated carbocycles. The van der Waals surface area contributed by atoms with Gasteiger partial charge in [0.15, 0.2) is 5.69 Å². The van der Waals surface area contributed by atoms with Gasteiger partial charge in [0.1, 0.15) is 10.7 Å². The van der Waals surface area contributed by atoms with Crippen LogP contribution in [0.15, 0.2) is 83.1 Å². The molecule has 0 bridgehead atoms. The second-order valence-corrected chi connectivity index (χ2v) is 12.0. The average molecular weight is 575 g/mol. The number of nitrogens with zero attached hydrogens (tertiary/aromatic N) is 3. The number of sulfonamides is 1. The van der Waals surface area contributed by atoms with Gasteiger partial charge in [-0.25, -0.2) is 32.4 Å². The molecule has 0 aliphatic heterocycles. The monoisotopic (exact) mass is 574 g/mol. The highest BCUT2D eigenvalue weighted by Crippen LogP contribution is 2.46.